The Morgan fingerprint density at radius 2 is 1.19 bits per heavy atom. The third-order valence-electron chi connectivity index (χ3n) is 5.43. The summed E-state index contributed by atoms with van der Waals surface area (Å²) in [6.45, 7) is 11.4. The Hall–Kier alpha value is -0.160. The van der Waals surface area contributed by atoms with Gasteiger partial charge < -0.3 is 9.47 Å². The van der Waals surface area contributed by atoms with E-state index in [1.54, 1.807) is 0 Å². The van der Waals surface area contributed by atoms with E-state index in [1.165, 1.54) is 0 Å². The normalized spacial score (nSPS) is 36.8. The zero-order valence-electron chi connectivity index (χ0n) is 10.5. The summed E-state index contributed by atoms with van der Waals surface area (Å²) in [6.07, 6.45) is 0. The lowest BCUT2D eigenvalue weighted by atomic mass is 9.35. The second-order valence-electron chi connectivity index (χ2n) is 6.17. The van der Waals surface area contributed by atoms with E-state index >= 15 is 0 Å². The van der Waals surface area contributed by atoms with Gasteiger partial charge in [-0.1, -0.05) is 27.7 Å². The zero-order valence-corrected chi connectivity index (χ0v) is 10.5. The Kier molecular flexibility index (Phi) is 1.92. The van der Waals surface area contributed by atoms with Gasteiger partial charge in [0.25, 0.3) is 0 Å². The molecular weight excluding hydrogens is 208 g/mol. The van der Waals surface area contributed by atoms with Gasteiger partial charge in [0.1, 0.15) is 0 Å². The maximum Gasteiger partial charge on any atom is 0.180 e. The molecule has 4 nitrogen and oxygen atoms in total. The van der Waals surface area contributed by atoms with Crippen LogP contribution in [0.2, 0.25) is 0 Å². The van der Waals surface area contributed by atoms with Gasteiger partial charge in [-0.05, 0) is 0 Å². The van der Waals surface area contributed by atoms with Crippen LogP contribution < -0.4 is 0 Å². The molecule has 92 valence electrons. The van der Waals surface area contributed by atoms with Crippen molar-refractivity contribution in [1.82, 2.24) is 0 Å². The van der Waals surface area contributed by atoms with E-state index in [1.807, 2.05) is 0 Å². The van der Waals surface area contributed by atoms with Crippen LogP contribution in [0.25, 0.3) is 0 Å². The molecule has 0 aromatic heterocycles. The molecule has 0 radical (unpaired) electrons. The molecule has 0 bridgehead atoms. The standard InChI is InChI=1S/C12H20O4/c1-9(2)11(7-15-16-8-11)10(3,4)12(9)13-5-6-14-12/h5-8H2,1-4H3. The van der Waals surface area contributed by atoms with Gasteiger partial charge in [-0.25, -0.2) is 9.78 Å². The summed E-state index contributed by atoms with van der Waals surface area (Å²) in [4.78, 5) is 10.3. The average molecular weight is 228 g/mol. The lowest BCUT2D eigenvalue weighted by Gasteiger charge is -2.73. The molecule has 0 unspecified atom stereocenters. The SMILES string of the molecule is CC1(C)C2(COOC2)C(C)(C)C12OCCO2. The number of hydrogen-bond donors (Lipinski definition) is 0. The summed E-state index contributed by atoms with van der Waals surface area (Å²) >= 11 is 0. The van der Waals surface area contributed by atoms with Crippen molar-refractivity contribution in [2.45, 2.75) is 33.5 Å². The fourth-order valence-corrected chi connectivity index (χ4v) is 4.31. The Balaban J connectivity index is 2.06. The molecule has 0 N–H and O–H groups in total. The Morgan fingerprint density at radius 1 is 0.750 bits per heavy atom. The van der Waals surface area contributed by atoms with E-state index in [-0.39, 0.29) is 16.2 Å². The minimum absolute atomic E-state index is 0.00958. The van der Waals surface area contributed by atoms with Crippen LogP contribution in [0.4, 0.5) is 0 Å². The number of rotatable bonds is 0. The summed E-state index contributed by atoms with van der Waals surface area (Å²) in [7, 11) is 0. The van der Waals surface area contributed by atoms with Crippen molar-refractivity contribution >= 4 is 0 Å². The first-order chi connectivity index (χ1) is 7.41. The quantitative estimate of drug-likeness (QED) is 0.592. The average Bonchev–Trinajstić information content (AvgIpc) is 2.89. The van der Waals surface area contributed by atoms with Crippen LogP contribution in [0.5, 0.6) is 0 Å². The van der Waals surface area contributed by atoms with Crippen LogP contribution in [0.15, 0.2) is 0 Å². The van der Waals surface area contributed by atoms with E-state index < -0.39 is 5.79 Å². The van der Waals surface area contributed by atoms with E-state index in [0.29, 0.717) is 26.4 Å². The monoisotopic (exact) mass is 228 g/mol. The van der Waals surface area contributed by atoms with Crippen LogP contribution >= 0.6 is 0 Å². The number of hydrogen-bond acceptors (Lipinski definition) is 4. The smallest absolute Gasteiger partial charge is 0.180 e. The topological polar surface area (TPSA) is 36.9 Å². The summed E-state index contributed by atoms with van der Waals surface area (Å²) in [5, 5.41) is 0. The van der Waals surface area contributed by atoms with Crippen LogP contribution in [0.1, 0.15) is 27.7 Å². The van der Waals surface area contributed by atoms with Crippen molar-refractivity contribution < 1.29 is 19.2 Å². The van der Waals surface area contributed by atoms with Gasteiger partial charge >= 0.3 is 0 Å². The second kappa shape index (κ2) is 2.80. The highest BCUT2D eigenvalue weighted by Crippen LogP contribution is 2.76. The van der Waals surface area contributed by atoms with E-state index in [4.69, 9.17) is 19.2 Å². The Morgan fingerprint density at radius 3 is 1.62 bits per heavy atom. The minimum Gasteiger partial charge on any atom is -0.346 e. The second-order valence-corrected chi connectivity index (χ2v) is 6.17. The highest BCUT2D eigenvalue weighted by Gasteiger charge is 2.84. The van der Waals surface area contributed by atoms with Gasteiger partial charge in [0.2, 0.25) is 0 Å². The van der Waals surface area contributed by atoms with E-state index in [2.05, 4.69) is 27.7 Å². The summed E-state index contributed by atoms with van der Waals surface area (Å²) in [5.41, 5.74) is -0.183. The van der Waals surface area contributed by atoms with Crippen LogP contribution in [-0.2, 0) is 19.2 Å². The van der Waals surface area contributed by atoms with Crippen LogP contribution in [0.3, 0.4) is 0 Å². The fraction of sp³-hybridized carbons (Fsp3) is 1.00. The first kappa shape index (κ1) is 11.0. The molecular formula is C12H20O4. The summed E-state index contributed by atoms with van der Waals surface area (Å²) in [6, 6.07) is 0. The molecule has 2 saturated heterocycles. The van der Waals surface area contributed by atoms with Crippen molar-refractivity contribution in [2.75, 3.05) is 26.4 Å². The predicted octanol–water partition coefficient (Wildman–Crippen LogP) is 1.74. The molecule has 2 aliphatic heterocycles. The highest BCUT2D eigenvalue weighted by atomic mass is 17.2. The number of ether oxygens (including phenoxy) is 2. The molecule has 3 aliphatic rings. The highest BCUT2D eigenvalue weighted by molar-refractivity contribution is 5.25. The summed E-state index contributed by atoms with van der Waals surface area (Å²) < 4.78 is 11.9. The van der Waals surface area contributed by atoms with E-state index in [9.17, 15) is 0 Å². The molecule has 0 aromatic rings. The molecule has 1 aliphatic carbocycles. The predicted molar refractivity (Wildman–Crippen MR) is 56.5 cm³/mol. The van der Waals surface area contributed by atoms with Crippen molar-refractivity contribution in [2.24, 2.45) is 16.2 Å². The van der Waals surface area contributed by atoms with Gasteiger partial charge in [0.05, 0.1) is 26.4 Å². The first-order valence-electron chi connectivity index (χ1n) is 5.94. The first-order valence-corrected chi connectivity index (χ1v) is 5.94. The molecule has 0 aromatic carbocycles. The molecule has 16 heavy (non-hydrogen) atoms. The van der Waals surface area contributed by atoms with E-state index in [0.717, 1.165) is 0 Å². The van der Waals surface area contributed by atoms with Crippen molar-refractivity contribution in [3.8, 4) is 0 Å². The van der Waals surface area contributed by atoms with Gasteiger partial charge in [-0.15, -0.1) is 0 Å². The van der Waals surface area contributed by atoms with Gasteiger partial charge in [-0.2, -0.15) is 0 Å². The molecule has 0 amide bonds. The molecule has 0 atom stereocenters. The van der Waals surface area contributed by atoms with Crippen LogP contribution in [0, 0.1) is 16.2 Å². The maximum absolute atomic E-state index is 5.96. The lowest BCUT2D eigenvalue weighted by Crippen LogP contribution is -2.81. The van der Waals surface area contributed by atoms with Crippen molar-refractivity contribution in [1.29, 1.82) is 0 Å². The third kappa shape index (κ3) is 0.787. The fourth-order valence-electron chi connectivity index (χ4n) is 4.31. The Bertz CT molecular complexity index is 261. The third-order valence-corrected chi connectivity index (χ3v) is 5.43. The van der Waals surface area contributed by atoms with Crippen LogP contribution in [-0.4, -0.2) is 32.2 Å². The molecule has 3 fully saturated rings. The molecule has 2 spiro atoms. The van der Waals surface area contributed by atoms with Crippen molar-refractivity contribution in [3.05, 3.63) is 0 Å². The van der Waals surface area contributed by atoms with Crippen molar-refractivity contribution in [3.63, 3.8) is 0 Å². The van der Waals surface area contributed by atoms with Gasteiger partial charge in [0, 0.05) is 16.2 Å². The van der Waals surface area contributed by atoms with Gasteiger partial charge in [-0.3, -0.25) is 0 Å². The summed E-state index contributed by atoms with van der Waals surface area (Å²) in [5.74, 6) is -0.475. The zero-order chi connectivity index (χ0) is 11.7. The Labute approximate surface area is 96.1 Å². The lowest BCUT2D eigenvalue weighted by molar-refractivity contribution is -0.430. The molecule has 2 heterocycles. The largest absolute Gasteiger partial charge is 0.346 e. The molecule has 3 rings (SSSR count). The minimum atomic E-state index is -0.475. The maximum atomic E-state index is 5.96. The molecule has 4 heteroatoms. The van der Waals surface area contributed by atoms with Gasteiger partial charge in [0.15, 0.2) is 5.79 Å². The molecule has 1 saturated carbocycles.